The van der Waals surface area contributed by atoms with E-state index in [0.717, 1.165) is 0 Å². The van der Waals surface area contributed by atoms with E-state index in [9.17, 15) is 4.79 Å². The van der Waals surface area contributed by atoms with Gasteiger partial charge in [0.25, 0.3) is 0 Å². The van der Waals surface area contributed by atoms with E-state index in [1.165, 1.54) is 4.90 Å². The second-order valence-corrected chi connectivity index (χ2v) is 4.24. The zero-order valence-corrected chi connectivity index (χ0v) is 8.60. The molecule has 0 unspecified atom stereocenters. The van der Waals surface area contributed by atoms with Gasteiger partial charge < -0.3 is 9.64 Å². The maximum atomic E-state index is 11.4. The number of nitrogens with zero attached hydrogens (tertiary/aromatic N) is 4. The van der Waals surface area contributed by atoms with E-state index in [1.54, 1.807) is 0 Å². The summed E-state index contributed by atoms with van der Waals surface area (Å²) in [7, 11) is 0. The molecule has 1 aliphatic rings. The van der Waals surface area contributed by atoms with Crippen LogP contribution >= 0.6 is 0 Å². The summed E-state index contributed by atoms with van der Waals surface area (Å²) in [6.45, 7) is 6.36. The van der Waals surface area contributed by atoms with Gasteiger partial charge in [0, 0.05) is 18.0 Å². The Balaban J connectivity index is 2.33. The molecule has 1 amide bonds. The van der Waals surface area contributed by atoms with Gasteiger partial charge in [0.1, 0.15) is 5.60 Å². The Morgan fingerprint density at radius 2 is 2.14 bits per heavy atom. The molecule has 1 fully saturated rings. The van der Waals surface area contributed by atoms with Gasteiger partial charge in [-0.15, -0.1) is 0 Å². The summed E-state index contributed by atoms with van der Waals surface area (Å²) in [5.41, 5.74) is 7.67. The Morgan fingerprint density at radius 1 is 1.57 bits per heavy atom. The van der Waals surface area contributed by atoms with Crippen molar-refractivity contribution in [2.75, 3.05) is 13.1 Å². The third-order valence-corrected chi connectivity index (χ3v) is 1.73. The molecule has 0 bridgehead atoms. The highest BCUT2D eigenvalue weighted by atomic mass is 16.6. The van der Waals surface area contributed by atoms with E-state index >= 15 is 0 Å². The molecule has 78 valence electrons. The molecule has 1 aliphatic heterocycles. The minimum Gasteiger partial charge on any atom is -0.444 e. The van der Waals surface area contributed by atoms with E-state index < -0.39 is 5.60 Å². The van der Waals surface area contributed by atoms with Crippen molar-refractivity contribution in [3.05, 3.63) is 10.4 Å². The molecule has 14 heavy (non-hydrogen) atoms. The van der Waals surface area contributed by atoms with Crippen molar-refractivity contribution in [1.82, 2.24) is 4.90 Å². The van der Waals surface area contributed by atoms with Gasteiger partial charge in [-0.05, 0) is 26.3 Å². The van der Waals surface area contributed by atoms with E-state index in [2.05, 4.69) is 10.0 Å². The van der Waals surface area contributed by atoms with Crippen LogP contribution < -0.4 is 0 Å². The number of ether oxygens (including phenoxy) is 1. The summed E-state index contributed by atoms with van der Waals surface area (Å²) in [5, 5.41) is 3.49. The lowest BCUT2D eigenvalue weighted by Crippen LogP contribution is -2.53. The zero-order valence-electron chi connectivity index (χ0n) is 8.60. The number of carbonyl (C=O) groups is 1. The summed E-state index contributed by atoms with van der Waals surface area (Å²) in [6, 6.07) is -0.0903. The average molecular weight is 198 g/mol. The van der Waals surface area contributed by atoms with Gasteiger partial charge in [0.05, 0.1) is 6.04 Å². The SMILES string of the molecule is CC(C)(C)OC(=O)N1CC(N=[N+]=[N-])C1. The molecule has 0 aromatic carbocycles. The summed E-state index contributed by atoms with van der Waals surface area (Å²) in [6.07, 6.45) is -0.345. The second kappa shape index (κ2) is 3.75. The maximum Gasteiger partial charge on any atom is 0.410 e. The normalized spacial score (nSPS) is 16.9. The first kappa shape index (κ1) is 10.7. The highest BCUT2D eigenvalue weighted by molar-refractivity contribution is 5.69. The smallest absolute Gasteiger partial charge is 0.410 e. The average Bonchev–Trinajstić information content (AvgIpc) is 1.91. The molecule has 6 nitrogen and oxygen atoms in total. The van der Waals surface area contributed by atoms with Crippen LogP contribution in [0.5, 0.6) is 0 Å². The molecule has 0 radical (unpaired) electrons. The minimum absolute atomic E-state index is 0.0903. The van der Waals surface area contributed by atoms with Gasteiger partial charge in [0.2, 0.25) is 0 Å². The van der Waals surface area contributed by atoms with E-state index in [0.29, 0.717) is 13.1 Å². The summed E-state index contributed by atoms with van der Waals surface area (Å²) in [5.74, 6) is 0. The molecule has 1 rings (SSSR count). The van der Waals surface area contributed by atoms with Gasteiger partial charge in [-0.3, -0.25) is 0 Å². The fourth-order valence-electron chi connectivity index (χ4n) is 1.08. The molecule has 1 heterocycles. The molecule has 0 aromatic rings. The fraction of sp³-hybridized carbons (Fsp3) is 0.875. The van der Waals surface area contributed by atoms with Crippen LogP contribution in [0.3, 0.4) is 0 Å². The predicted octanol–water partition coefficient (Wildman–Crippen LogP) is 1.92. The minimum atomic E-state index is -0.472. The third-order valence-electron chi connectivity index (χ3n) is 1.73. The van der Waals surface area contributed by atoms with Crippen molar-refractivity contribution in [3.8, 4) is 0 Å². The molecular formula is C8H14N4O2. The highest BCUT2D eigenvalue weighted by Crippen LogP contribution is 2.16. The van der Waals surface area contributed by atoms with Crippen molar-refractivity contribution < 1.29 is 9.53 Å². The van der Waals surface area contributed by atoms with Crippen LogP contribution in [-0.4, -0.2) is 35.7 Å². The number of likely N-dealkylation sites (tertiary alicyclic amines) is 1. The molecule has 0 atom stereocenters. The summed E-state index contributed by atoms with van der Waals surface area (Å²) >= 11 is 0. The van der Waals surface area contributed by atoms with Crippen LogP contribution in [0.1, 0.15) is 20.8 Å². The quantitative estimate of drug-likeness (QED) is 0.366. The predicted molar refractivity (Wildman–Crippen MR) is 50.7 cm³/mol. The van der Waals surface area contributed by atoms with Crippen LogP contribution in [0, 0.1) is 0 Å². The van der Waals surface area contributed by atoms with Crippen molar-refractivity contribution in [1.29, 1.82) is 0 Å². The van der Waals surface area contributed by atoms with Crippen LogP contribution in [0.4, 0.5) is 4.79 Å². The summed E-state index contributed by atoms with van der Waals surface area (Å²) in [4.78, 5) is 15.6. The number of amides is 1. The molecule has 0 saturated carbocycles. The largest absolute Gasteiger partial charge is 0.444 e. The molecule has 0 N–H and O–H groups in total. The Morgan fingerprint density at radius 3 is 2.57 bits per heavy atom. The molecule has 0 spiro atoms. The first-order valence-corrected chi connectivity index (χ1v) is 4.44. The van der Waals surface area contributed by atoms with E-state index in [-0.39, 0.29) is 12.1 Å². The van der Waals surface area contributed by atoms with Crippen LogP contribution in [0.15, 0.2) is 5.11 Å². The molecule has 1 saturated heterocycles. The van der Waals surface area contributed by atoms with Gasteiger partial charge in [-0.2, -0.15) is 0 Å². The van der Waals surface area contributed by atoms with E-state index in [4.69, 9.17) is 10.3 Å². The van der Waals surface area contributed by atoms with Crippen LogP contribution in [-0.2, 0) is 4.74 Å². The van der Waals surface area contributed by atoms with Gasteiger partial charge in [-0.1, -0.05) is 5.11 Å². The number of carbonyl (C=O) groups excluding carboxylic acids is 1. The number of azide groups is 1. The standard InChI is InChI=1S/C8H14N4O2/c1-8(2,3)14-7(13)12-4-6(5-12)10-11-9/h6H,4-5H2,1-3H3. The van der Waals surface area contributed by atoms with E-state index in [1.807, 2.05) is 20.8 Å². The van der Waals surface area contributed by atoms with Crippen molar-refractivity contribution in [2.45, 2.75) is 32.4 Å². The Hall–Kier alpha value is -1.42. The topological polar surface area (TPSA) is 78.3 Å². The van der Waals surface area contributed by atoms with Crippen molar-refractivity contribution >= 4 is 6.09 Å². The molecule has 0 aliphatic carbocycles. The Labute approximate surface area is 82.5 Å². The van der Waals surface area contributed by atoms with Gasteiger partial charge >= 0.3 is 6.09 Å². The first-order valence-electron chi connectivity index (χ1n) is 4.44. The monoisotopic (exact) mass is 198 g/mol. The lowest BCUT2D eigenvalue weighted by atomic mass is 10.1. The van der Waals surface area contributed by atoms with Crippen molar-refractivity contribution in [3.63, 3.8) is 0 Å². The van der Waals surface area contributed by atoms with Crippen LogP contribution in [0.25, 0.3) is 10.4 Å². The summed E-state index contributed by atoms with van der Waals surface area (Å²) < 4.78 is 5.12. The maximum absolute atomic E-state index is 11.4. The fourth-order valence-corrected chi connectivity index (χ4v) is 1.08. The van der Waals surface area contributed by atoms with Crippen molar-refractivity contribution in [2.24, 2.45) is 5.11 Å². The third kappa shape index (κ3) is 2.81. The lowest BCUT2D eigenvalue weighted by molar-refractivity contribution is 0.00890. The number of hydrogen-bond donors (Lipinski definition) is 0. The van der Waals surface area contributed by atoms with Crippen LogP contribution in [0.2, 0.25) is 0 Å². The lowest BCUT2D eigenvalue weighted by Gasteiger charge is -2.37. The first-order chi connectivity index (χ1) is 6.42. The molecular weight excluding hydrogens is 184 g/mol. The number of hydrogen-bond acceptors (Lipinski definition) is 3. The zero-order chi connectivity index (χ0) is 10.8. The van der Waals surface area contributed by atoms with Gasteiger partial charge in [0.15, 0.2) is 0 Å². The Kier molecular flexibility index (Phi) is 2.86. The van der Waals surface area contributed by atoms with Gasteiger partial charge in [-0.25, -0.2) is 4.79 Å². The Bertz CT molecular complexity index is 272. The molecule has 0 aromatic heterocycles. The molecule has 6 heteroatoms. The number of rotatable bonds is 1. The second-order valence-electron chi connectivity index (χ2n) is 4.24. The highest BCUT2D eigenvalue weighted by Gasteiger charge is 2.32.